The highest BCUT2D eigenvalue weighted by molar-refractivity contribution is 4.99. The van der Waals surface area contributed by atoms with E-state index in [1.54, 1.807) is 0 Å². The van der Waals surface area contributed by atoms with Crippen molar-refractivity contribution in [1.29, 1.82) is 0 Å². The molecule has 0 radical (unpaired) electrons. The molecule has 0 amide bonds. The smallest absolute Gasteiger partial charge is 0.106 e. The molecule has 0 aromatic heterocycles. The summed E-state index contributed by atoms with van der Waals surface area (Å²) in [5.41, 5.74) is 0. The Morgan fingerprint density at radius 3 is 2.58 bits per heavy atom. The third-order valence-corrected chi connectivity index (χ3v) is 3.08. The van der Waals surface area contributed by atoms with Crippen molar-refractivity contribution in [3.63, 3.8) is 0 Å². The second-order valence-electron chi connectivity index (χ2n) is 3.80. The first kappa shape index (κ1) is 8.44. The molecular weight excluding hydrogens is 158 g/mol. The van der Waals surface area contributed by atoms with Gasteiger partial charge in [0, 0.05) is 12.0 Å². The molecule has 5 atom stereocenters. The van der Waals surface area contributed by atoms with Gasteiger partial charge in [-0.2, -0.15) is 0 Å². The normalized spacial score (nSPS) is 53.8. The van der Waals surface area contributed by atoms with Gasteiger partial charge in [-0.05, 0) is 19.4 Å². The predicted octanol–water partition coefficient (Wildman–Crippen LogP) is -1.55. The SMILES string of the molecule is OC1CC2NCCC2C(O)C1O. The topological polar surface area (TPSA) is 72.7 Å². The van der Waals surface area contributed by atoms with E-state index in [1.165, 1.54) is 0 Å². The van der Waals surface area contributed by atoms with Gasteiger partial charge in [0.1, 0.15) is 6.10 Å². The largest absolute Gasteiger partial charge is 0.390 e. The summed E-state index contributed by atoms with van der Waals surface area (Å²) in [6, 6.07) is 0.193. The van der Waals surface area contributed by atoms with Gasteiger partial charge < -0.3 is 20.6 Å². The minimum atomic E-state index is -0.953. The molecule has 2 fully saturated rings. The molecule has 1 heterocycles. The lowest BCUT2D eigenvalue weighted by molar-refractivity contribution is -0.113. The number of fused-ring (bicyclic) bond motifs is 1. The third kappa shape index (κ3) is 1.15. The van der Waals surface area contributed by atoms with Crippen molar-refractivity contribution in [2.75, 3.05) is 6.54 Å². The van der Waals surface area contributed by atoms with Crippen LogP contribution in [0.2, 0.25) is 0 Å². The zero-order valence-electron chi connectivity index (χ0n) is 6.85. The van der Waals surface area contributed by atoms with Crippen molar-refractivity contribution >= 4 is 0 Å². The lowest BCUT2D eigenvalue weighted by Gasteiger charge is -2.37. The summed E-state index contributed by atoms with van der Waals surface area (Å²) < 4.78 is 0. The van der Waals surface area contributed by atoms with Gasteiger partial charge in [0.15, 0.2) is 0 Å². The third-order valence-electron chi connectivity index (χ3n) is 3.08. The lowest BCUT2D eigenvalue weighted by Crippen LogP contribution is -2.53. The number of hydrogen-bond donors (Lipinski definition) is 4. The highest BCUT2D eigenvalue weighted by Crippen LogP contribution is 2.31. The molecule has 1 aliphatic carbocycles. The van der Waals surface area contributed by atoms with E-state index < -0.39 is 18.3 Å². The van der Waals surface area contributed by atoms with Gasteiger partial charge in [-0.3, -0.25) is 0 Å². The first-order valence-corrected chi connectivity index (χ1v) is 4.47. The highest BCUT2D eigenvalue weighted by atomic mass is 16.4. The molecule has 1 saturated heterocycles. The Kier molecular flexibility index (Phi) is 2.08. The first-order chi connectivity index (χ1) is 5.70. The lowest BCUT2D eigenvalue weighted by atomic mass is 9.79. The van der Waals surface area contributed by atoms with Gasteiger partial charge in [0.25, 0.3) is 0 Å². The molecule has 0 spiro atoms. The zero-order valence-corrected chi connectivity index (χ0v) is 6.85. The van der Waals surface area contributed by atoms with Gasteiger partial charge >= 0.3 is 0 Å². The Morgan fingerprint density at radius 1 is 1.08 bits per heavy atom. The van der Waals surface area contributed by atoms with Gasteiger partial charge in [-0.15, -0.1) is 0 Å². The number of nitrogens with one attached hydrogen (secondary N) is 1. The van der Waals surface area contributed by atoms with Gasteiger partial charge in [0.2, 0.25) is 0 Å². The quantitative estimate of drug-likeness (QED) is 0.358. The van der Waals surface area contributed by atoms with Crippen LogP contribution in [0.15, 0.2) is 0 Å². The molecule has 5 unspecified atom stereocenters. The average molecular weight is 173 g/mol. The predicted molar refractivity (Wildman–Crippen MR) is 42.5 cm³/mol. The van der Waals surface area contributed by atoms with Crippen LogP contribution in [0.5, 0.6) is 0 Å². The monoisotopic (exact) mass is 173 g/mol. The van der Waals surface area contributed by atoms with Crippen LogP contribution in [-0.2, 0) is 0 Å². The summed E-state index contributed by atoms with van der Waals surface area (Å²) in [6.45, 7) is 0.881. The van der Waals surface area contributed by atoms with Crippen molar-refractivity contribution in [3.05, 3.63) is 0 Å². The maximum atomic E-state index is 9.57. The van der Waals surface area contributed by atoms with Crippen LogP contribution >= 0.6 is 0 Å². The van der Waals surface area contributed by atoms with Crippen molar-refractivity contribution in [3.8, 4) is 0 Å². The number of aliphatic hydroxyl groups excluding tert-OH is 3. The Bertz CT molecular complexity index is 176. The molecule has 4 heteroatoms. The Labute approximate surface area is 71.2 Å². The molecule has 4 nitrogen and oxygen atoms in total. The minimum absolute atomic E-state index is 0.128. The van der Waals surface area contributed by atoms with E-state index >= 15 is 0 Å². The van der Waals surface area contributed by atoms with Crippen LogP contribution in [-0.4, -0.2) is 46.2 Å². The van der Waals surface area contributed by atoms with E-state index in [9.17, 15) is 15.3 Å². The molecule has 0 aromatic rings. The molecule has 2 rings (SSSR count). The average Bonchev–Trinajstić information content (AvgIpc) is 2.48. The summed E-state index contributed by atoms with van der Waals surface area (Å²) in [5, 5.41) is 31.5. The van der Waals surface area contributed by atoms with E-state index in [0.29, 0.717) is 6.42 Å². The van der Waals surface area contributed by atoms with Crippen molar-refractivity contribution < 1.29 is 15.3 Å². The van der Waals surface area contributed by atoms with Gasteiger partial charge in [-0.1, -0.05) is 0 Å². The summed E-state index contributed by atoms with van der Waals surface area (Å²) in [4.78, 5) is 0. The van der Waals surface area contributed by atoms with E-state index in [2.05, 4.69) is 5.32 Å². The molecule has 2 aliphatic rings. The summed E-state index contributed by atoms with van der Waals surface area (Å²) >= 11 is 0. The molecule has 70 valence electrons. The van der Waals surface area contributed by atoms with E-state index in [0.717, 1.165) is 13.0 Å². The van der Waals surface area contributed by atoms with Crippen LogP contribution in [0, 0.1) is 5.92 Å². The van der Waals surface area contributed by atoms with Gasteiger partial charge in [0.05, 0.1) is 12.2 Å². The molecule has 1 saturated carbocycles. The fraction of sp³-hybridized carbons (Fsp3) is 1.00. The Hall–Kier alpha value is -0.160. The second kappa shape index (κ2) is 2.96. The number of rotatable bonds is 0. The van der Waals surface area contributed by atoms with Gasteiger partial charge in [-0.25, -0.2) is 0 Å². The fourth-order valence-corrected chi connectivity index (χ4v) is 2.34. The maximum Gasteiger partial charge on any atom is 0.106 e. The summed E-state index contributed by atoms with van der Waals surface area (Å²) in [7, 11) is 0. The highest BCUT2D eigenvalue weighted by Gasteiger charge is 2.44. The maximum absolute atomic E-state index is 9.57. The number of hydrogen-bond acceptors (Lipinski definition) is 4. The van der Waals surface area contributed by atoms with Crippen LogP contribution < -0.4 is 5.32 Å². The van der Waals surface area contributed by atoms with Crippen LogP contribution in [0.4, 0.5) is 0 Å². The molecule has 12 heavy (non-hydrogen) atoms. The standard InChI is InChI=1S/C8H15NO3/c10-6-3-5-4(1-2-9-5)7(11)8(6)12/h4-12H,1-3H2. The zero-order chi connectivity index (χ0) is 8.72. The first-order valence-electron chi connectivity index (χ1n) is 4.47. The van der Waals surface area contributed by atoms with Crippen LogP contribution in [0.3, 0.4) is 0 Å². The fourth-order valence-electron chi connectivity index (χ4n) is 2.34. The van der Waals surface area contributed by atoms with E-state index in [1.807, 2.05) is 0 Å². The van der Waals surface area contributed by atoms with Crippen LogP contribution in [0.25, 0.3) is 0 Å². The summed E-state index contributed by atoms with van der Waals surface area (Å²) in [5.74, 6) is 0.128. The van der Waals surface area contributed by atoms with Crippen molar-refractivity contribution in [1.82, 2.24) is 5.32 Å². The van der Waals surface area contributed by atoms with Crippen molar-refractivity contribution in [2.24, 2.45) is 5.92 Å². The Morgan fingerprint density at radius 2 is 1.83 bits per heavy atom. The molecule has 1 aliphatic heterocycles. The molecule has 0 bridgehead atoms. The molecule has 4 N–H and O–H groups in total. The van der Waals surface area contributed by atoms with Crippen molar-refractivity contribution in [2.45, 2.75) is 37.2 Å². The molecular formula is C8H15NO3. The second-order valence-corrected chi connectivity index (χ2v) is 3.80. The van der Waals surface area contributed by atoms with Crippen LogP contribution in [0.1, 0.15) is 12.8 Å². The Balaban J connectivity index is 2.10. The number of aliphatic hydroxyl groups is 3. The van der Waals surface area contributed by atoms with E-state index in [-0.39, 0.29) is 12.0 Å². The minimum Gasteiger partial charge on any atom is -0.390 e. The summed E-state index contributed by atoms with van der Waals surface area (Å²) in [6.07, 6.45) is -1.02. The van der Waals surface area contributed by atoms with E-state index in [4.69, 9.17) is 0 Å². The molecule has 0 aromatic carbocycles.